The van der Waals surface area contributed by atoms with Gasteiger partial charge in [0, 0.05) is 19.6 Å². The van der Waals surface area contributed by atoms with Crippen LogP contribution in [0.25, 0.3) is 0 Å². The van der Waals surface area contributed by atoms with Crippen molar-refractivity contribution in [2.24, 2.45) is 17.1 Å². The van der Waals surface area contributed by atoms with Gasteiger partial charge in [0.1, 0.15) is 0 Å². The van der Waals surface area contributed by atoms with Crippen LogP contribution in [0.2, 0.25) is 0 Å². The van der Waals surface area contributed by atoms with Crippen molar-refractivity contribution in [3.8, 4) is 0 Å². The molecule has 1 aliphatic carbocycles. The quantitative estimate of drug-likeness (QED) is 0.835. The molecule has 2 fully saturated rings. The van der Waals surface area contributed by atoms with Gasteiger partial charge < -0.3 is 5.73 Å². The molecule has 86 valence electrons. The number of nitrogens with zero attached hydrogens (tertiary/aromatic N) is 1. The molecule has 1 aromatic carbocycles. The topological polar surface area (TPSA) is 29.3 Å². The third-order valence-corrected chi connectivity index (χ3v) is 4.31. The normalized spacial score (nSPS) is 27.4. The maximum atomic E-state index is 5.88. The number of rotatable bonds is 3. The highest BCUT2D eigenvalue weighted by Crippen LogP contribution is 2.56. The van der Waals surface area contributed by atoms with E-state index in [1.165, 1.54) is 31.5 Å². The molecular formula is C14H20N2. The molecule has 1 unspecified atom stereocenters. The zero-order chi connectivity index (χ0) is 11.0. The Morgan fingerprint density at radius 2 is 2.00 bits per heavy atom. The van der Waals surface area contributed by atoms with Gasteiger partial charge in [-0.05, 0) is 36.3 Å². The lowest BCUT2D eigenvalue weighted by molar-refractivity contribution is 0.311. The Hall–Kier alpha value is -0.860. The summed E-state index contributed by atoms with van der Waals surface area (Å²) in [7, 11) is 0. The van der Waals surface area contributed by atoms with Crippen molar-refractivity contribution in [1.29, 1.82) is 0 Å². The SMILES string of the molecule is NCC1CN(Cc2ccccc2)CC12CC2. The van der Waals surface area contributed by atoms with E-state index in [2.05, 4.69) is 35.2 Å². The van der Waals surface area contributed by atoms with Crippen LogP contribution in [0.4, 0.5) is 0 Å². The van der Waals surface area contributed by atoms with Crippen molar-refractivity contribution in [3.63, 3.8) is 0 Å². The summed E-state index contributed by atoms with van der Waals surface area (Å²) >= 11 is 0. The summed E-state index contributed by atoms with van der Waals surface area (Å²) in [6.45, 7) is 4.43. The van der Waals surface area contributed by atoms with Gasteiger partial charge in [-0.15, -0.1) is 0 Å². The number of hydrogen-bond donors (Lipinski definition) is 1. The van der Waals surface area contributed by atoms with E-state index in [1.807, 2.05) is 0 Å². The Bertz CT molecular complexity index is 356. The second-order valence-corrected chi connectivity index (χ2v) is 5.45. The minimum absolute atomic E-state index is 0.615. The van der Waals surface area contributed by atoms with Crippen LogP contribution in [0.1, 0.15) is 18.4 Å². The molecule has 0 aromatic heterocycles. The van der Waals surface area contributed by atoms with Gasteiger partial charge in [-0.1, -0.05) is 30.3 Å². The Labute approximate surface area is 97.4 Å². The van der Waals surface area contributed by atoms with Crippen molar-refractivity contribution < 1.29 is 0 Å². The standard InChI is InChI=1S/C14H20N2/c15-8-13-10-16(11-14(13)6-7-14)9-12-4-2-1-3-5-12/h1-5,13H,6-11,15H2. The van der Waals surface area contributed by atoms with Crippen LogP contribution in [-0.4, -0.2) is 24.5 Å². The summed E-state index contributed by atoms with van der Waals surface area (Å²) in [4.78, 5) is 2.58. The zero-order valence-electron chi connectivity index (χ0n) is 9.73. The Balaban J connectivity index is 1.66. The minimum atomic E-state index is 0.615. The maximum absolute atomic E-state index is 5.88. The number of hydrogen-bond acceptors (Lipinski definition) is 2. The molecule has 0 amide bonds. The fourth-order valence-electron chi connectivity index (χ4n) is 3.16. The third kappa shape index (κ3) is 1.76. The molecular weight excluding hydrogens is 196 g/mol. The van der Waals surface area contributed by atoms with Gasteiger partial charge in [0.15, 0.2) is 0 Å². The fraction of sp³-hybridized carbons (Fsp3) is 0.571. The third-order valence-electron chi connectivity index (χ3n) is 4.31. The predicted molar refractivity (Wildman–Crippen MR) is 65.9 cm³/mol. The fourth-order valence-corrected chi connectivity index (χ4v) is 3.16. The van der Waals surface area contributed by atoms with E-state index in [0.717, 1.165) is 19.0 Å². The molecule has 2 N–H and O–H groups in total. The molecule has 3 rings (SSSR count). The molecule has 1 saturated heterocycles. The van der Waals surface area contributed by atoms with Crippen LogP contribution in [0.15, 0.2) is 30.3 Å². The van der Waals surface area contributed by atoms with Crippen LogP contribution in [0, 0.1) is 11.3 Å². The van der Waals surface area contributed by atoms with Gasteiger partial charge >= 0.3 is 0 Å². The largest absolute Gasteiger partial charge is 0.330 e. The molecule has 1 aromatic rings. The number of likely N-dealkylation sites (tertiary alicyclic amines) is 1. The first-order valence-corrected chi connectivity index (χ1v) is 6.29. The van der Waals surface area contributed by atoms with Gasteiger partial charge in [0.25, 0.3) is 0 Å². The van der Waals surface area contributed by atoms with E-state index >= 15 is 0 Å². The smallest absolute Gasteiger partial charge is 0.0234 e. The highest BCUT2D eigenvalue weighted by atomic mass is 15.2. The second kappa shape index (κ2) is 3.86. The molecule has 1 atom stereocenters. The van der Waals surface area contributed by atoms with Gasteiger partial charge in [0.05, 0.1) is 0 Å². The molecule has 1 aliphatic heterocycles. The van der Waals surface area contributed by atoms with E-state index in [4.69, 9.17) is 5.73 Å². The van der Waals surface area contributed by atoms with Crippen molar-refractivity contribution in [2.75, 3.05) is 19.6 Å². The molecule has 2 aliphatic rings. The lowest BCUT2D eigenvalue weighted by Crippen LogP contribution is -2.23. The Morgan fingerprint density at radius 3 is 2.56 bits per heavy atom. The van der Waals surface area contributed by atoms with Crippen LogP contribution in [0.5, 0.6) is 0 Å². The lowest BCUT2D eigenvalue weighted by atomic mass is 9.93. The molecule has 2 nitrogen and oxygen atoms in total. The highest BCUT2D eigenvalue weighted by molar-refractivity contribution is 5.16. The lowest BCUT2D eigenvalue weighted by Gasteiger charge is -2.15. The average Bonchev–Trinajstić information content (AvgIpc) is 2.98. The molecule has 16 heavy (non-hydrogen) atoms. The van der Waals surface area contributed by atoms with Crippen LogP contribution >= 0.6 is 0 Å². The molecule has 0 radical (unpaired) electrons. The monoisotopic (exact) mass is 216 g/mol. The zero-order valence-corrected chi connectivity index (χ0v) is 9.73. The summed E-state index contributed by atoms with van der Waals surface area (Å²) < 4.78 is 0. The summed E-state index contributed by atoms with van der Waals surface area (Å²) in [5.74, 6) is 0.746. The molecule has 0 bridgehead atoms. The van der Waals surface area contributed by atoms with Gasteiger partial charge in [0.2, 0.25) is 0 Å². The maximum Gasteiger partial charge on any atom is 0.0234 e. The Morgan fingerprint density at radius 1 is 1.25 bits per heavy atom. The van der Waals surface area contributed by atoms with Gasteiger partial charge in [-0.25, -0.2) is 0 Å². The van der Waals surface area contributed by atoms with E-state index in [0.29, 0.717) is 5.41 Å². The van der Waals surface area contributed by atoms with Crippen molar-refractivity contribution in [1.82, 2.24) is 4.90 Å². The summed E-state index contributed by atoms with van der Waals surface area (Å²) in [6, 6.07) is 10.8. The summed E-state index contributed by atoms with van der Waals surface area (Å²) in [5.41, 5.74) is 7.92. The molecule has 1 heterocycles. The summed E-state index contributed by atoms with van der Waals surface area (Å²) in [5, 5.41) is 0. The predicted octanol–water partition coefficient (Wildman–Crippen LogP) is 1.86. The van der Waals surface area contributed by atoms with Crippen molar-refractivity contribution >= 4 is 0 Å². The number of benzene rings is 1. The second-order valence-electron chi connectivity index (χ2n) is 5.45. The summed E-state index contributed by atoms with van der Waals surface area (Å²) in [6.07, 6.45) is 2.81. The first-order valence-electron chi connectivity index (χ1n) is 6.29. The molecule has 2 heteroatoms. The number of nitrogens with two attached hydrogens (primary N) is 1. The average molecular weight is 216 g/mol. The van der Waals surface area contributed by atoms with E-state index in [-0.39, 0.29) is 0 Å². The van der Waals surface area contributed by atoms with Crippen molar-refractivity contribution in [3.05, 3.63) is 35.9 Å². The Kier molecular flexibility index (Phi) is 2.49. The first-order chi connectivity index (χ1) is 7.82. The van der Waals surface area contributed by atoms with E-state index in [1.54, 1.807) is 0 Å². The first kappa shape index (κ1) is 10.3. The molecule has 1 spiro atoms. The van der Waals surface area contributed by atoms with Crippen LogP contribution < -0.4 is 5.73 Å². The van der Waals surface area contributed by atoms with Crippen LogP contribution in [-0.2, 0) is 6.54 Å². The van der Waals surface area contributed by atoms with E-state index < -0.39 is 0 Å². The van der Waals surface area contributed by atoms with Gasteiger partial charge in [-0.2, -0.15) is 0 Å². The minimum Gasteiger partial charge on any atom is -0.330 e. The van der Waals surface area contributed by atoms with Crippen molar-refractivity contribution in [2.45, 2.75) is 19.4 Å². The van der Waals surface area contributed by atoms with E-state index in [9.17, 15) is 0 Å². The van der Waals surface area contributed by atoms with Crippen LogP contribution in [0.3, 0.4) is 0 Å². The van der Waals surface area contributed by atoms with Gasteiger partial charge in [-0.3, -0.25) is 4.90 Å². The highest BCUT2D eigenvalue weighted by Gasteiger charge is 2.53. The molecule has 1 saturated carbocycles.